The first-order valence-corrected chi connectivity index (χ1v) is 48.8. The molecule has 584 valence electrons. The molecule has 0 aliphatic carbocycles. The maximum absolute atomic E-state index is 5.22. The van der Waals surface area contributed by atoms with Crippen molar-refractivity contribution < 1.29 is 0 Å². The fraction of sp³-hybridized carbons (Fsp3) is 0.0526. The minimum absolute atomic E-state index is 0.536. The number of aromatic nitrogens is 8. The molecule has 8 nitrogen and oxygen atoms in total. The van der Waals surface area contributed by atoms with E-state index in [9.17, 15) is 0 Å². The van der Waals surface area contributed by atoms with Gasteiger partial charge in [-0.05, 0) is 135 Å². The smallest absolute Gasteiger partial charge is 0.164 e. The first-order valence-electron chi connectivity index (χ1n) is 42.8. The fourth-order valence-corrected chi connectivity index (χ4v) is 28.9. The van der Waals surface area contributed by atoms with Crippen molar-refractivity contribution in [1.82, 2.24) is 39.0 Å². The Morgan fingerprint density at radius 2 is 0.468 bits per heavy atom. The Kier molecular flexibility index (Phi) is 16.6. The van der Waals surface area contributed by atoms with E-state index < -0.39 is 27.0 Å². The fourth-order valence-electron chi connectivity index (χ4n) is 21.8. The Bertz CT molecular complexity index is 7880. The maximum Gasteiger partial charge on any atom is 0.164 e. The Morgan fingerprint density at radius 1 is 0.202 bits per heavy atom. The van der Waals surface area contributed by atoms with Crippen LogP contribution in [0.5, 0.6) is 0 Å². The van der Waals surface area contributed by atoms with Crippen molar-refractivity contribution in [2.24, 2.45) is 0 Å². The van der Waals surface area contributed by atoms with Crippen molar-refractivity contribution in [3.63, 3.8) is 0 Å². The highest BCUT2D eigenvalue weighted by molar-refractivity contribution is 7.03. The Labute approximate surface area is 721 Å². The lowest BCUT2D eigenvalue weighted by molar-refractivity contribution is 0.732. The molecule has 4 aliphatic heterocycles. The molecule has 10 heteroatoms. The molecular formula is C114H80N8Si2. The van der Waals surface area contributed by atoms with Gasteiger partial charge in [-0.2, -0.15) is 0 Å². The minimum atomic E-state index is -2.38. The molecule has 25 rings (SSSR count). The largest absolute Gasteiger partial charge is 0.309 e. The van der Waals surface area contributed by atoms with Crippen LogP contribution in [0.4, 0.5) is 0 Å². The van der Waals surface area contributed by atoms with Gasteiger partial charge < -0.3 is 9.13 Å². The highest BCUT2D eigenvalue weighted by Gasteiger charge is 2.56. The molecule has 8 heterocycles. The highest BCUT2D eigenvalue weighted by atomic mass is 28.3. The molecule has 0 saturated heterocycles. The number of hydrogen-bond donors (Lipinski definition) is 0. The summed E-state index contributed by atoms with van der Waals surface area (Å²) in [5.41, 5.74) is 30.2. The van der Waals surface area contributed by atoms with Crippen LogP contribution < -0.4 is 20.7 Å². The summed E-state index contributed by atoms with van der Waals surface area (Å²) in [4.78, 5) is 30.7. The standard InChI is InChI=1S/C60H42N4Si.C54H38N4Si/c1-65(2)54-33-14-11-28-49(54)60(48-27-10-13-32-53(48)64-52-31-12-9-24-46(52)47-26-17-29-50(60)55(47)64)51-30-16-25-45(56(51)65)43-22-15-23-44(38-43)59-62-57(41-20-7-4-8-21-41)61-58(63-59)42-36-34-40(35-37-42)39-18-5-3-6-19-39;1-59(2)48-33-14-11-28-43(48)54(42-27-10-13-32-47(42)58-46-31-12-9-24-40(46)41-26-17-29-44(54)49(41)58)45-30-16-25-39(50(45)59)37-22-15-23-38(34-37)53-56-51(35-18-5-3-6-19-35)55-52(57-53)36-20-7-4-8-21-36/h3-38H,1-2H3;3-34H,1-2H3. The van der Waals surface area contributed by atoms with Gasteiger partial charge in [0.25, 0.3) is 0 Å². The minimum Gasteiger partial charge on any atom is -0.309 e. The van der Waals surface area contributed by atoms with Crippen molar-refractivity contribution in [3.8, 4) is 113 Å². The summed E-state index contributed by atoms with van der Waals surface area (Å²) >= 11 is 0. The number of rotatable bonds is 9. The lowest BCUT2D eigenvalue weighted by atomic mass is 9.62. The summed E-state index contributed by atoms with van der Waals surface area (Å²) in [7, 11) is -4.72. The van der Waals surface area contributed by atoms with Gasteiger partial charge in [-0.3, -0.25) is 0 Å². The zero-order valence-corrected chi connectivity index (χ0v) is 70.8. The molecule has 0 amide bonds. The molecule has 124 heavy (non-hydrogen) atoms. The molecule has 2 spiro atoms. The number of para-hydroxylation sites is 6. The first kappa shape index (κ1) is 72.8. The van der Waals surface area contributed by atoms with Crippen LogP contribution in [-0.2, 0) is 10.8 Å². The summed E-state index contributed by atoms with van der Waals surface area (Å²) in [5, 5.41) is 11.0. The predicted octanol–water partition coefficient (Wildman–Crippen LogP) is 24.6. The van der Waals surface area contributed by atoms with Gasteiger partial charge in [-0.1, -0.05) is 402 Å². The predicted molar refractivity (Wildman–Crippen MR) is 514 cm³/mol. The van der Waals surface area contributed by atoms with Gasteiger partial charge in [0.1, 0.15) is 16.1 Å². The molecule has 21 aromatic rings. The normalized spacial score (nSPS) is 15.6. The lowest BCUT2D eigenvalue weighted by Crippen LogP contribution is -2.64. The van der Waals surface area contributed by atoms with Crippen LogP contribution in [0.25, 0.3) is 157 Å². The van der Waals surface area contributed by atoms with Crippen molar-refractivity contribution in [2.45, 2.75) is 37.0 Å². The molecule has 2 atom stereocenters. The third-order valence-electron chi connectivity index (χ3n) is 27.0. The van der Waals surface area contributed by atoms with E-state index in [2.05, 4.69) is 387 Å². The quantitative estimate of drug-likeness (QED) is 0.134. The van der Waals surface area contributed by atoms with E-state index in [-0.39, 0.29) is 0 Å². The summed E-state index contributed by atoms with van der Waals surface area (Å²) < 4.78 is 5.05. The van der Waals surface area contributed by atoms with Gasteiger partial charge in [0.2, 0.25) is 0 Å². The Hall–Kier alpha value is -15.2. The molecule has 4 aliphatic rings. The summed E-state index contributed by atoms with van der Waals surface area (Å²) in [6, 6.07) is 150. The molecule has 2 unspecified atom stereocenters. The second-order valence-electron chi connectivity index (χ2n) is 34.3. The van der Waals surface area contributed by atoms with Crippen LogP contribution in [0.15, 0.2) is 413 Å². The summed E-state index contributed by atoms with van der Waals surface area (Å²) in [6.07, 6.45) is 0. The Balaban J connectivity index is 0.000000140. The van der Waals surface area contributed by atoms with E-state index in [4.69, 9.17) is 29.9 Å². The molecule has 0 saturated carbocycles. The van der Waals surface area contributed by atoms with Crippen molar-refractivity contribution in [3.05, 3.63) is 457 Å². The summed E-state index contributed by atoms with van der Waals surface area (Å²) in [6.45, 7) is 10.2. The van der Waals surface area contributed by atoms with E-state index in [0.29, 0.717) is 34.9 Å². The second-order valence-corrected chi connectivity index (χ2v) is 42.8. The lowest BCUT2D eigenvalue weighted by Gasteiger charge is -2.50. The van der Waals surface area contributed by atoms with Crippen LogP contribution in [0.2, 0.25) is 26.2 Å². The molecule has 17 aromatic carbocycles. The van der Waals surface area contributed by atoms with Crippen molar-refractivity contribution in [1.29, 1.82) is 0 Å². The number of fused-ring (bicyclic) bond motifs is 22. The third-order valence-corrected chi connectivity index (χ3v) is 34.1. The van der Waals surface area contributed by atoms with Crippen molar-refractivity contribution >= 4 is 80.5 Å². The summed E-state index contributed by atoms with van der Waals surface area (Å²) in [5.74, 6) is 3.91. The third kappa shape index (κ3) is 10.8. The molecular weight excluding hydrogens is 1540 g/mol. The van der Waals surface area contributed by atoms with Gasteiger partial charge in [-0.25, -0.2) is 29.9 Å². The number of benzene rings is 17. The molecule has 0 fully saturated rings. The number of nitrogens with zero attached hydrogens (tertiary/aromatic N) is 8. The van der Waals surface area contributed by atoms with E-state index in [1.807, 2.05) is 60.7 Å². The maximum atomic E-state index is 5.22. The van der Waals surface area contributed by atoms with E-state index in [1.54, 1.807) is 0 Å². The molecule has 4 aromatic heterocycles. The van der Waals surface area contributed by atoms with Crippen LogP contribution in [0.3, 0.4) is 0 Å². The average molecular weight is 1620 g/mol. The van der Waals surface area contributed by atoms with Crippen LogP contribution in [0, 0.1) is 0 Å². The first-order chi connectivity index (χ1) is 61.0. The topological polar surface area (TPSA) is 87.2 Å². The molecule has 0 N–H and O–H groups in total. The van der Waals surface area contributed by atoms with Gasteiger partial charge >= 0.3 is 0 Å². The van der Waals surface area contributed by atoms with Gasteiger partial charge in [0.15, 0.2) is 34.9 Å². The number of hydrogen-bond acceptors (Lipinski definition) is 6. The second kappa shape index (κ2) is 28.2. The molecule has 0 bridgehead atoms. The monoisotopic (exact) mass is 1620 g/mol. The molecule has 0 radical (unpaired) electrons. The van der Waals surface area contributed by atoms with E-state index in [0.717, 1.165) is 50.1 Å². The highest BCUT2D eigenvalue weighted by Crippen LogP contribution is 2.58. The van der Waals surface area contributed by atoms with Crippen LogP contribution in [-0.4, -0.2) is 55.2 Å². The van der Waals surface area contributed by atoms with Gasteiger partial charge in [0, 0.05) is 54.9 Å². The Morgan fingerprint density at radius 3 is 0.879 bits per heavy atom. The zero-order chi connectivity index (χ0) is 82.6. The van der Waals surface area contributed by atoms with E-state index in [1.165, 1.54) is 137 Å². The van der Waals surface area contributed by atoms with E-state index >= 15 is 0 Å². The SMILES string of the molecule is C[Si]1(C)c2ccccc2C2(c3ccccc3-n3c4ccccc4c4cccc2c43)c2cccc(-c3cccc(-c4nc(-c5ccccc5)nc(-c5ccc(-c6ccccc6)cc5)n4)c3)c21.C[Si]1(C)c2ccccc2C2(c3ccccc3-n3c4ccccc4c4cccc2c43)c2cccc(-c3cccc(-c4nc(-c5ccccc5)nc(-c5ccccc5)n4)c3)c21. The van der Waals surface area contributed by atoms with Gasteiger partial charge in [-0.15, -0.1) is 0 Å². The van der Waals surface area contributed by atoms with Crippen LogP contribution in [0.1, 0.15) is 44.5 Å². The average Bonchev–Trinajstić information content (AvgIpc) is 1.24. The van der Waals surface area contributed by atoms with Crippen LogP contribution >= 0.6 is 0 Å². The van der Waals surface area contributed by atoms with Gasteiger partial charge in [0.05, 0.1) is 44.3 Å². The zero-order valence-electron chi connectivity index (χ0n) is 68.8. The van der Waals surface area contributed by atoms with Crippen molar-refractivity contribution in [2.75, 3.05) is 0 Å².